The SMILES string of the molecule is CCC(=O)N[C@H](Cc1cc(F)c(NC(=O)CNC(=O)c2ccnn2CC)cc1F)C(=O)N1CCN(C)CC1. The summed E-state index contributed by atoms with van der Waals surface area (Å²) in [5, 5.41) is 11.2. The maximum absolute atomic E-state index is 15.0. The second-order valence-corrected chi connectivity index (χ2v) is 8.99. The van der Waals surface area contributed by atoms with Gasteiger partial charge in [-0.1, -0.05) is 6.92 Å². The number of nitrogens with one attached hydrogen (secondary N) is 3. The number of aryl methyl sites for hydroxylation is 1. The van der Waals surface area contributed by atoms with Gasteiger partial charge in [-0.05, 0) is 31.7 Å². The Morgan fingerprint density at radius 1 is 1.03 bits per heavy atom. The van der Waals surface area contributed by atoms with Crippen molar-refractivity contribution in [2.45, 2.75) is 39.3 Å². The lowest BCUT2D eigenvalue weighted by molar-refractivity contribution is -0.137. The summed E-state index contributed by atoms with van der Waals surface area (Å²) in [5.41, 5.74) is -0.271. The lowest BCUT2D eigenvalue weighted by Gasteiger charge is -2.34. The van der Waals surface area contributed by atoms with Crippen molar-refractivity contribution >= 4 is 29.3 Å². The van der Waals surface area contributed by atoms with Crippen molar-refractivity contribution in [3.63, 3.8) is 0 Å². The van der Waals surface area contributed by atoms with Gasteiger partial charge in [-0.15, -0.1) is 0 Å². The molecule has 2 heterocycles. The normalized spacial score (nSPS) is 14.6. The van der Waals surface area contributed by atoms with Gasteiger partial charge < -0.3 is 25.8 Å². The van der Waals surface area contributed by atoms with Crippen LogP contribution in [0.15, 0.2) is 24.4 Å². The minimum absolute atomic E-state index is 0.120. The third kappa shape index (κ3) is 7.34. The number of rotatable bonds is 10. The molecule has 1 fully saturated rings. The van der Waals surface area contributed by atoms with Crippen LogP contribution in [0.25, 0.3) is 0 Å². The van der Waals surface area contributed by atoms with E-state index < -0.39 is 41.7 Å². The number of carbonyl (C=O) groups excluding carboxylic acids is 4. The van der Waals surface area contributed by atoms with Crippen LogP contribution in [0.5, 0.6) is 0 Å². The predicted octanol–water partition coefficient (Wildman–Crippen LogP) is 0.761. The van der Waals surface area contributed by atoms with Crippen molar-refractivity contribution in [1.29, 1.82) is 0 Å². The van der Waals surface area contributed by atoms with Gasteiger partial charge in [-0.3, -0.25) is 23.9 Å². The van der Waals surface area contributed by atoms with Crippen LogP contribution in [0.1, 0.15) is 36.3 Å². The van der Waals surface area contributed by atoms with E-state index in [0.717, 1.165) is 12.1 Å². The van der Waals surface area contributed by atoms with Gasteiger partial charge in [0.2, 0.25) is 17.7 Å². The Morgan fingerprint density at radius 3 is 2.39 bits per heavy atom. The molecule has 0 saturated carbocycles. The molecule has 3 rings (SSSR count). The molecule has 0 bridgehead atoms. The molecule has 13 heteroatoms. The Morgan fingerprint density at radius 2 is 1.74 bits per heavy atom. The Kier molecular flexibility index (Phi) is 9.88. The van der Waals surface area contributed by atoms with Crippen molar-refractivity contribution in [1.82, 2.24) is 30.2 Å². The molecule has 38 heavy (non-hydrogen) atoms. The number of carbonyl (C=O) groups is 4. The summed E-state index contributed by atoms with van der Waals surface area (Å²) in [6, 6.07) is 2.14. The van der Waals surface area contributed by atoms with E-state index in [1.807, 2.05) is 7.05 Å². The Labute approximate surface area is 219 Å². The van der Waals surface area contributed by atoms with Gasteiger partial charge in [-0.25, -0.2) is 8.78 Å². The lowest BCUT2D eigenvalue weighted by atomic mass is 10.0. The minimum Gasteiger partial charge on any atom is -0.344 e. The zero-order valence-corrected chi connectivity index (χ0v) is 21.7. The minimum atomic E-state index is -1.06. The van der Waals surface area contributed by atoms with Crippen molar-refractivity contribution in [2.75, 3.05) is 45.1 Å². The van der Waals surface area contributed by atoms with E-state index in [1.54, 1.807) is 18.7 Å². The molecule has 0 spiro atoms. The third-order valence-electron chi connectivity index (χ3n) is 6.26. The van der Waals surface area contributed by atoms with Crippen molar-refractivity contribution in [3.8, 4) is 0 Å². The van der Waals surface area contributed by atoms with Crippen molar-refractivity contribution < 1.29 is 28.0 Å². The highest BCUT2D eigenvalue weighted by atomic mass is 19.1. The number of aromatic nitrogens is 2. The number of amides is 4. The average Bonchev–Trinajstić information content (AvgIpc) is 3.38. The highest BCUT2D eigenvalue weighted by Crippen LogP contribution is 2.21. The van der Waals surface area contributed by atoms with E-state index >= 15 is 0 Å². The molecule has 0 aliphatic carbocycles. The summed E-state index contributed by atoms with van der Waals surface area (Å²) in [6.45, 7) is 5.69. The van der Waals surface area contributed by atoms with E-state index in [9.17, 15) is 28.0 Å². The molecule has 1 aliphatic rings. The van der Waals surface area contributed by atoms with Gasteiger partial charge in [0.15, 0.2) is 0 Å². The maximum atomic E-state index is 15.0. The first-order chi connectivity index (χ1) is 18.1. The van der Waals surface area contributed by atoms with Crippen molar-refractivity contribution in [3.05, 3.63) is 47.3 Å². The molecule has 0 radical (unpaired) electrons. The molecule has 4 amide bonds. The molecule has 206 valence electrons. The quantitative estimate of drug-likeness (QED) is 0.414. The summed E-state index contributed by atoms with van der Waals surface area (Å²) in [7, 11) is 1.94. The first kappa shape index (κ1) is 28.7. The molecule has 1 aromatic carbocycles. The highest BCUT2D eigenvalue weighted by Gasteiger charge is 2.29. The largest absolute Gasteiger partial charge is 0.344 e. The topological polar surface area (TPSA) is 129 Å². The molecule has 2 aromatic rings. The third-order valence-corrected chi connectivity index (χ3v) is 6.26. The lowest BCUT2D eigenvalue weighted by Crippen LogP contribution is -2.55. The summed E-state index contributed by atoms with van der Waals surface area (Å²) < 4.78 is 31.2. The van der Waals surface area contributed by atoms with E-state index in [-0.39, 0.29) is 35.9 Å². The maximum Gasteiger partial charge on any atom is 0.269 e. The van der Waals surface area contributed by atoms with Crippen LogP contribution in [0.4, 0.5) is 14.5 Å². The number of nitrogens with zero attached hydrogens (tertiary/aromatic N) is 4. The van der Waals surface area contributed by atoms with Crippen LogP contribution in [-0.2, 0) is 27.3 Å². The number of piperazine rings is 1. The summed E-state index contributed by atoms with van der Waals surface area (Å²) >= 11 is 0. The Hall–Kier alpha value is -3.87. The highest BCUT2D eigenvalue weighted by molar-refractivity contribution is 5.98. The number of anilines is 1. The number of hydrogen-bond donors (Lipinski definition) is 3. The van der Waals surface area contributed by atoms with Crippen molar-refractivity contribution in [2.24, 2.45) is 0 Å². The van der Waals surface area contributed by atoms with E-state index in [2.05, 4.69) is 25.9 Å². The first-order valence-corrected chi connectivity index (χ1v) is 12.5. The number of likely N-dealkylation sites (N-methyl/N-ethyl adjacent to an activating group) is 1. The van der Waals surface area contributed by atoms with E-state index in [4.69, 9.17) is 0 Å². The Balaban J connectivity index is 1.66. The molecule has 3 N–H and O–H groups in total. The number of hydrogen-bond acceptors (Lipinski definition) is 6. The summed E-state index contributed by atoms with van der Waals surface area (Å²) in [4.78, 5) is 53.3. The van der Waals surface area contributed by atoms with Crippen LogP contribution >= 0.6 is 0 Å². The van der Waals surface area contributed by atoms with Gasteiger partial charge in [-0.2, -0.15) is 5.10 Å². The molecule has 1 atom stereocenters. The number of halogens is 2. The van der Waals surface area contributed by atoms with Gasteiger partial charge in [0.25, 0.3) is 5.91 Å². The van der Waals surface area contributed by atoms with E-state index in [0.29, 0.717) is 32.7 Å². The van der Waals surface area contributed by atoms with Gasteiger partial charge in [0.05, 0.1) is 12.2 Å². The zero-order chi connectivity index (χ0) is 27.8. The van der Waals surface area contributed by atoms with Crippen LogP contribution < -0.4 is 16.0 Å². The molecular formula is C25H33F2N7O4. The smallest absolute Gasteiger partial charge is 0.269 e. The predicted molar refractivity (Wildman–Crippen MR) is 135 cm³/mol. The fraction of sp³-hybridized carbons (Fsp3) is 0.480. The standard InChI is InChI=1S/C25H33F2N7O4/c1-4-22(35)31-20(25(38)33-10-8-32(3)9-11-33)13-16-12-18(27)19(14-17(16)26)30-23(36)15-28-24(37)21-6-7-29-34(21)5-2/h6-7,12,14,20H,4-5,8-11,13,15H2,1-3H3,(H,28,37)(H,30,36)(H,31,35)/t20-/m1/s1. The molecule has 1 saturated heterocycles. The van der Waals surface area contributed by atoms with Crippen LogP contribution in [0, 0.1) is 11.6 Å². The second kappa shape index (κ2) is 13.1. The fourth-order valence-corrected chi connectivity index (χ4v) is 4.03. The average molecular weight is 534 g/mol. The second-order valence-electron chi connectivity index (χ2n) is 8.99. The van der Waals surface area contributed by atoms with Gasteiger partial charge >= 0.3 is 0 Å². The molecule has 1 aromatic heterocycles. The van der Waals surface area contributed by atoms with Crippen LogP contribution in [-0.4, -0.2) is 89.0 Å². The first-order valence-electron chi connectivity index (χ1n) is 12.5. The zero-order valence-electron chi connectivity index (χ0n) is 21.7. The molecular weight excluding hydrogens is 500 g/mol. The van der Waals surface area contributed by atoms with E-state index in [1.165, 1.54) is 16.9 Å². The molecule has 1 aliphatic heterocycles. The van der Waals surface area contributed by atoms with Gasteiger partial charge in [0.1, 0.15) is 23.4 Å². The monoisotopic (exact) mass is 533 g/mol. The number of benzene rings is 1. The fourth-order valence-electron chi connectivity index (χ4n) is 4.03. The Bertz CT molecular complexity index is 1180. The summed E-state index contributed by atoms with van der Waals surface area (Å²) in [5.74, 6) is -3.81. The van der Waals surface area contributed by atoms with Gasteiger partial charge in [0, 0.05) is 57.8 Å². The molecule has 0 unspecified atom stereocenters. The molecule has 11 nitrogen and oxygen atoms in total. The van der Waals surface area contributed by atoms with Crippen LogP contribution in [0.3, 0.4) is 0 Å². The summed E-state index contributed by atoms with van der Waals surface area (Å²) in [6.07, 6.45) is 1.33. The van der Waals surface area contributed by atoms with Crippen LogP contribution in [0.2, 0.25) is 0 Å².